The molecule has 0 atom stereocenters. The van der Waals surface area contributed by atoms with E-state index >= 15 is 0 Å². The second-order valence-corrected chi connectivity index (χ2v) is 3.48. The molecular weight excluding hydrogens is 170 g/mol. The van der Waals surface area contributed by atoms with Gasteiger partial charge in [0.05, 0.1) is 6.42 Å². The quantitative estimate of drug-likeness (QED) is 0.661. The van der Waals surface area contributed by atoms with Gasteiger partial charge in [0, 0.05) is 12.6 Å². The number of likely N-dealkylation sites (N-methyl/N-ethyl adjacent to an activating group) is 1. The molecule has 1 amide bonds. The minimum absolute atomic E-state index is 0.0803. The summed E-state index contributed by atoms with van der Waals surface area (Å²) in [5, 5.41) is 8.59. The monoisotopic (exact) mass is 185 g/mol. The third-order valence-corrected chi connectivity index (χ3v) is 2.00. The lowest BCUT2D eigenvalue weighted by molar-refractivity contribution is -0.141. The fourth-order valence-corrected chi connectivity index (χ4v) is 0.924. The zero-order chi connectivity index (χ0) is 10.6. The number of amides is 1. The molecule has 0 radical (unpaired) electrons. The van der Waals surface area contributed by atoms with E-state index in [1.165, 1.54) is 11.0 Å². The first kappa shape index (κ1) is 11.7. The van der Waals surface area contributed by atoms with Crippen molar-refractivity contribution in [3.63, 3.8) is 0 Å². The summed E-state index contributed by atoms with van der Waals surface area (Å²) in [6.07, 6.45) is 1.09. The lowest BCUT2D eigenvalue weighted by Gasteiger charge is -2.33. The molecule has 0 rings (SSSR count). The van der Waals surface area contributed by atoms with Crippen molar-refractivity contribution in [2.75, 3.05) is 7.05 Å². The molecule has 4 heteroatoms. The predicted molar refractivity (Wildman–Crippen MR) is 49.3 cm³/mol. The van der Waals surface area contributed by atoms with Gasteiger partial charge in [-0.2, -0.15) is 0 Å². The molecule has 0 aliphatic rings. The highest BCUT2D eigenvalue weighted by atomic mass is 16.4. The first-order valence-electron chi connectivity index (χ1n) is 3.93. The van der Waals surface area contributed by atoms with Gasteiger partial charge in [-0.1, -0.05) is 6.58 Å². The van der Waals surface area contributed by atoms with Gasteiger partial charge in [0.1, 0.15) is 0 Å². The van der Waals surface area contributed by atoms with Crippen LogP contribution in [0.2, 0.25) is 0 Å². The van der Waals surface area contributed by atoms with Crippen LogP contribution in [0.5, 0.6) is 0 Å². The van der Waals surface area contributed by atoms with Crippen LogP contribution in [0.1, 0.15) is 20.3 Å². The third kappa shape index (κ3) is 3.27. The second kappa shape index (κ2) is 4.07. The molecule has 0 aromatic rings. The maximum absolute atomic E-state index is 11.2. The molecule has 0 bridgehead atoms. The summed E-state index contributed by atoms with van der Waals surface area (Å²) in [6.45, 7) is 6.73. The van der Waals surface area contributed by atoms with Gasteiger partial charge in [-0.3, -0.25) is 9.59 Å². The average Bonchev–Trinajstić information content (AvgIpc) is 1.99. The highest BCUT2D eigenvalue weighted by molar-refractivity contribution is 5.87. The van der Waals surface area contributed by atoms with Gasteiger partial charge in [-0.25, -0.2) is 0 Å². The van der Waals surface area contributed by atoms with Crippen LogP contribution in [0.15, 0.2) is 12.7 Å². The van der Waals surface area contributed by atoms with E-state index in [0.717, 1.165) is 0 Å². The van der Waals surface area contributed by atoms with Crippen LogP contribution in [-0.4, -0.2) is 34.5 Å². The number of carboxylic acid groups (broad SMARTS) is 1. The molecule has 4 nitrogen and oxygen atoms in total. The van der Waals surface area contributed by atoms with Gasteiger partial charge in [-0.05, 0) is 19.9 Å². The zero-order valence-electron chi connectivity index (χ0n) is 8.20. The van der Waals surface area contributed by atoms with E-state index in [-0.39, 0.29) is 12.3 Å². The maximum atomic E-state index is 11.2. The standard InChI is InChI=1S/C9H15NO3/c1-5-7(11)10(4)9(2,3)6-8(12)13/h5H,1,6H2,2-4H3,(H,12,13). The molecule has 0 spiro atoms. The number of hydrogen-bond donors (Lipinski definition) is 1. The van der Waals surface area contributed by atoms with Crippen LogP contribution in [0.25, 0.3) is 0 Å². The molecule has 0 aliphatic carbocycles. The number of carbonyl (C=O) groups is 2. The van der Waals surface area contributed by atoms with Gasteiger partial charge in [0.2, 0.25) is 5.91 Å². The molecular formula is C9H15NO3. The molecule has 0 aromatic heterocycles. The number of nitrogens with zero attached hydrogens (tertiary/aromatic N) is 1. The molecule has 0 fully saturated rings. The van der Waals surface area contributed by atoms with Crippen LogP contribution in [0, 0.1) is 0 Å². The molecule has 0 aliphatic heterocycles. The van der Waals surface area contributed by atoms with E-state index < -0.39 is 11.5 Å². The van der Waals surface area contributed by atoms with E-state index in [1.54, 1.807) is 20.9 Å². The number of carboxylic acids is 1. The Hall–Kier alpha value is -1.32. The lowest BCUT2D eigenvalue weighted by atomic mass is 9.99. The van der Waals surface area contributed by atoms with Crippen molar-refractivity contribution >= 4 is 11.9 Å². The first-order chi connectivity index (χ1) is 5.81. The minimum Gasteiger partial charge on any atom is -0.481 e. The summed E-state index contributed by atoms with van der Waals surface area (Å²) in [5.74, 6) is -1.19. The van der Waals surface area contributed by atoms with Crippen LogP contribution >= 0.6 is 0 Å². The molecule has 0 aromatic carbocycles. The molecule has 1 N–H and O–H groups in total. The highest BCUT2D eigenvalue weighted by Gasteiger charge is 2.28. The zero-order valence-corrected chi connectivity index (χ0v) is 8.20. The number of hydrogen-bond acceptors (Lipinski definition) is 2. The van der Waals surface area contributed by atoms with Crippen molar-refractivity contribution in [1.82, 2.24) is 4.90 Å². The van der Waals surface area contributed by atoms with Gasteiger partial charge in [0.15, 0.2) is 0 Å². The normalized spacial score (nSPS) is 10.7. The Bertz CT molecular complexity index is 233. The SMILES string of the molecule is C=CC(=O)N(C)C(C)(C)CC(=O)O. The van der Waals surface area contributed by atoms with Crippen LogP contribution in [0.3, 0.4) is 0 Å². The van der Waals surface area contributed by atoms with Crippen LogP contribution in [-0.2, 0) is 9.59 Å². The van der Waals surface area contributed by atoms with Crippen LogP contribution in [0.4, 0.5) is 0 Å². The Labute approximate surface area is 77.8 Å². The van der Waals surface area contributed by atoms with Gasteiger partial charge in [0.25, 0.3) is 0 Å². The Morgan fingerprint density at radius 1 is 1.54 bits per heavy atom. The Balaban J connectivity index is 4.52. The van der Waals surface area contributed by atoms with E-state index in [0.29, 0.717) is 0 Å². The molecule has 13 heavy (non-hydrogen) atoms. The average molecular weight is 185 g/mol. The van der Waals surface area contributed by atoms with E-state index in [1.807, 2.05) is 0 Å². The van der Waals surface area contributed by atoms with E-state index in [2.05, 4.69) is 6.58 Å². The fraction of sp³-hybridized carbons (Fsp3) is 0.556. The Morgan fingerprint density at radius 2 is 2.00 bits per heavy atom. The smallest absolute Gasteiger partial charge is 0.305 e. The second-order valence-electron chi connectivity index (χ2n) is 3.48. The fourth-order valence-electron chi connectivity index (χ4n) is 0.924. The summed E-state index contributed by atoms with van der Waals surface area (Å²) in [6, 6.07) is 0. The summed E-state index contributed by atoms with van der Waals surface area (Å²) < 4.78 is 0. The van der Waals surface area contributed by atoms with Gasteiger partial charge in [-0.15, -0.1) is 0 Å². The number of rotatable bonds is 4. The lowest BCUT2D eigenvalue weighted by Crippen LogP contribution is -2.45. The molecule has 0 saturated carbocycles. The molecule has 0 unspecified atom stereocenters. The summed E-state index contributed by atoms with van der Waals surface area (Å²) >= 11 is 0. The largest absolute Gasteiger partial charge is 0.481 e. The summed E-state index contributed by atoms with van der Waals surface area (Å²) in [5.41, 5.74) is -0.683. The summed E-state index contributed by atoms with van der Waals surface area (Å²) in [4.78, 5) is 23.0. The van der Waals surface area contributed by atoms with Crippen LogP contribution < -0.4 is 0 Å². The van der Waals surface area contributed by atoms with Crippen molar-refractivity contribution < 1.29 is 14.7 Å². The Morgan fingerprint density at radius 3 is 2.31 bits per heavy atom. The van der Waals surface area contributed by atoms with Gasteiger partial charge < -0.3 is 10.0 Å². The number of aliphatic carboxylic acids is 1. The van der Waals surface area contributed by atoms with E-state index in [4.69, 9.17) is 5.11 Å². The van der Waals surface area contributed by atoms with E-state index in [9.17, 15) is 9.59 Å². The predicted octanol–water partition coefficient (Wildman–Crippen LogP) is 0.884. The molecule has 74 valence electrons. The highest BCUT2D eigenvalue weighted by Crippen LogP contribution is 2.17. The van der Waals surface area contributed by atoms with Gasteiger partial charge >= 0.3 is 5.97 Å². The summed E-state index contributed by atoms with van der Waals surface area (Å²) in [7, 11) is 1.56. The minimum atomic E-state index is -0.922. The first-order valence-corrected chi connectivity index (χ1v) is 3.93. The van der Waals surface area contributed by atoms with Crippen molar-refractivity contribution in [1.29, 1.82) is 0 Å². The third-order valence-electron chi connectivity index (χ3n) is 2.00. The molecule has 0 saturated heterocycles. The Kier molecular flexibility index (Phi) is 3.66. The maximum Gasteiger partial charge on any atom is 0.305 e. The van der Waals surface area contributed by atoms with Crippen molar-refractivity contribution in [3.05, 3.63) is 12.7 Å². The van der Waals surface area contributed by atoms with Crippen molar-refractivity contribution in [3.8, 4) is 0 Å². The van der Waals surface area contributed by atoms with Crippen molar-refractivity contribution in [2.24, 2.45) is 0 Å². The molecule has 0 heterocycles. The number of carbonyl (C=O) groups excluding carboxylic acids is 1. The topological polar surface area (TPSA) is 57.6 Å². The van der Waals surface area contributed by atoms with Crippen molar-refractivity contribution in [2.45, 2.75) is 25.8 Å².